The Morgan fingerprint density at radius 1 is 0.565 bits per heavy atom. The number of hydrogen-bond acceptors (Lipinski definition) is 4. The quantitative estimate of drug-likeness (QED) is 0.130. The lowest BCUT2D eigenvalue weighted by Crippen LogP contribution is -2.50. The van der Waals surface area contributed by atoms with E-state index in [9.17, 15) is 9.59 Å². The molecule has 0 aromatic heterocycles. The van der Waals surface area contributed by atoms with Crippen molar-refractivity contribution in [3.05, 3.63) is 59.7 Å². The summed E-state index contributed by atoms with van der Waals surface area (Å²) in [7, 11) is 4.70. The maximum absolute atomic E-state index is 14.3. The summed E-state index contributed by atoms with van der Waals surface area (Å²) < 4.78 is 13.5. The highest BCUT2D eigenvalue weighted by atomic mass is 16.5. The van der Waals surface area contributed by atoms with Crippen LogP contribution in [0.1, 0.15) is 112 Å². The van der Waals surface area contributed by atoms with Crippen LogP contribution in [0, 0.1) is 11.8 Å². The Labute approximate surface area is 279 Å². The Hall–Kier alpha value is -2.70. The number of ether oxygens (including phenoxy) is 2. The molecule has 0 amide bonds. The maximum Gasteiger partial charge on any atom is 0.171 e. The highest BCUT2D eigenvalue weighted by molar-refractivity contribution is 5.99. The number of ketones is 2. The average Bonchev–Trinajstić information content (AvgIpc) is 3.43. The molecule has 2 atom stereocenters. The smallest absolute Gasteiger partial charge is 0.171 e. The molecular formula is C40H62N2O4+2. The van der Waals surface area contributed by atoms with Crippen LogP contribution in [0.2, 0.25) is 0 Å². The van der Waals surface area contributed by atoms with Crippen LogP contribution in [0.25, 0.3) is 0 Å². The van der Waals surface area contributed by atoms with Gasteiger partial charge in [-0.05, 0) is 126 Å². The molecule has 2 aromatic carbocycles. The number of rotatable bonds is 17. The normalized spacial score (nSPS) is 19.3. The van der Waals surface area contributed by atoms with Crippen LogP contribution in [0.5, 0.6) is 11.5 Å². The molecule has 2 heterocycles. The molecule has 0 radical (unpaired) electrons. The third-order valence-corrected chi connectivity index (χ3v) is 10.4. The summed E-state index contributed by atoms with van der Waals surface area (Å²) >= 11 is 0. The zero-order valence-electron chi connectivity index (χ0n) is 29.4. The third-order valence-electron chi connectivity index (χ3n) is 10.4. The molecule has 2 saturated heterocycles. The van der Waals surface area contributed by atoms with Gasteiger partial charge in [0.05, 0.1) is 78.4 Å². The molecule has 254 valence electrons. The number of benzene rings is 2. The van der Waals surface area contributed by atoms with E-state index < -0.39 is 0 Å². The van der Waals surface area contributed by atoms with E-state index in [1.165, 1.54) is 51.4 Å². The van der Waals surface area contributed by atoms with Crippen molar-refractivity contribution < 1.29 is 28.0 Å². The van der Waals surface area contributed by atoms with E-state index in [1.54, 1.807) is 0 Å². The number of hydrogen-bond donors (Lipinski definition) is 0. The van der Waals surface area contributed by atoms with E-state index in [4.69, 9.17) is 9.47 Å². The van der Waals surface area contributed by atoms with E-state index in [1.807, 2.05) is 48.5 Å². The second-order valence-electron chi connectivity index (χ2n) is 14.8. The van der Waals surface area contributed by atoms with E-state index >= 15 is 0 Å². The first-order chi connectivity index (χ1) is 22.2. The highest BCUT2D eigenvalue weighted by Crippen LogP contribution is 2.29. The molecule has 0 bridgehead atoms. The standard InChI is InChI=1S/C40H62N2O4/c1-5-29-45-37-21-17-33(18-22-37)39(43)35(31-41(3)25-11-7-8-12-26-41)15-16-36(32-42(4)27-13-9-10-14-28-42)40(44)34-19-23-38(24-20-34)46-30-6-2/h17-24,35-36H,5-16,25-32H2,1-4H3/q+2/t35-,36-/m0/s1. The lowest BCUT2D eigenvalue weighted by atomic mass is 9.85. The monoisotopic (exact) mass is 634 g/mol. The topological polar surface area (TPSA) is 52.6 Å². The Morgan fingerprint density at radius 2 is 0.891 bits per heavy atom. The van der Waals surface area contributed by atoms with Crippen molar-refractivity contribution in [1.82, 2.24) is 0 Å². The van der Waals surface area contributed by atoms with Crippen molar-refractivity contribution in [2.75, 3.05) is 66.6 Å². The van der Waals surface area contributed by atoms with Gasteiger partial charge in [-0.2, -0.15) is 0 Å². The largest absolute Gasteiger partial charge is 0.494 e. The number of Topliss-reactive ketones (excluding diaryl/α,β-unsaturated/α-hetero) is 2. The lowest BCUT2D eigenvalue weighted by Gasteiger charge is -2.38. The van der Waals surface area contributed by atoms with E-state index in [2.05, 4.69) is 27.9 Å². The molecule has 6 nitrogen and oxygen atoms in total. The minimum atomic E-state index is -0.125. The molecule has 0 N–H and O–H groups in total. The number of nitrogens with zero attached hydrogens (tertiary/aromatic N) is 2. The summed E-state index contributed by atoms with van der Waals surface area (Å²) in [4.78, 5) is 28.6. The molecule has 2 aromatic rings. The maximum atomic E-state index is 14.3. The molecule has 0 spiro atoms. The molecule has 0 unspecified atom stereocenters. The van der Waals surface area contributed by atoms with Crippen LogP contribution < -0.4 is 9.47 Å². The Balaban J connectivity index is 1.58. The summed E-state index contributed by atoms with van der Waals surface area (Å²) in [6, 6.07) is 15.5. The van der Waals surface area contributed by atoms with Crippen molar-refractivity contribution in [3.8, 4) is 11.5 Å². The van der Waals surface area contributed by atoms with Gasteiger partial charge in [0, 0.05) is 11.1 Å². The van der Waals surface area contributed by atoms with Gasteiger partial charge < -0.3 is 18.4 Å². The first kappa shape index (κ1) is 36.1. The second kappa shape index (κ2) is 18.0. The Kier molecular flexibility index (Phi) is 14.1. The fourth-order valence-electron chi connectivity index (χ4n) is 7.69. The minimum absolute atomic E-state index is 0.125. The number of carbonyl (C=O) groups is 2. The van der Waals surface area contributed by atoms with Crippen molar-refractivity contribution >= 4 is 11.6 Å². The molecule has 0 aliphatic carbocycles. The zero-order chi connectivity index (χ0) is 32.8. The summed E-state index contributed by atoms with van der Waals surface area (Å²) in [6.45, 7) is 11.7. The molecule has 4 rings (SSSR count). The summed E-state index contributed by atoms with van der Waals surface area (Å²) in [6.07, 6.45) is 13.4. The summed E-state index contributed by atoms with van der Waals surface area (Å²) in [5.41, 5.74) is 1.51. The second-order valence-corrected chi connectivity index (χ2v) is 14.8. The van der Waals surface area contributed by atoms with Gasteiger partial charge in [0.25, 0.3) is 0 Å². The molecular weight excluding hydrogens is 572 g/mol. The van der Waals surface area contributed by atoms with Gasteiger partial charge in [-0.1, -0.05) is 13.8 Å². The van der Waals surface area contributed by atoms with Gasteiger partial charge in [-0.15, -0.1) is 0 Å². The highest BCUT2D eigenvalue weighted by Gasteiger charge is 2.36. The van der Waals surface area contributed by atoms with E-state index in [0.29, 0.717) is 13.2 Å². The van der Waals surface area contributed by atoms with Crippen molar-refractivity contribution in [2.45, 2.75) is 90.9 Å². The zero-order valence-corrected chi connectivity index (χ0v) is 29.4. The SMILES string of the molecule is CCCOc1ccc(C(=O)[C@@H](CC[C@@H](C[N+]2(C)CCCCCC2)C(=O)c2ccc(OCCC)cc2)C[N+]2(C)CCCCCC2)cc1. The van der Waals surface area contributed by atoms with Crippen LogP contribution in [-0.2, 0) is 0 Å². The summed E-state index contributed by atoms with van der Waals surface area (Å²) in [5.74, 6) is 1.80. The Morgan fingerprint density at radius 3 is 1.20 bits per heavy atom. The fourth-order valence-corrected chi connectivity index (χ4v) is 7.69. The molecule has 2 aliphatic rings. The molecule has 2 aliphatic heterocycles. The predicted octanol–water partition coefficient (Wildman–Crippen LogP) is 8.38. The van der Waals surface area contributed by atoms with Crippen LogP contribution in [-0.4, -0.2) is 87.1 Å². The average molecular weight is 635 g/mol. The Bertz CT molecular complexity index is 1100. The van der Waals surface area contributed by atoms with Crippen LogP contribution in [0.15, 0.2) is 48.5 Å². The molecule has 46 heavy (non-hydrogen) atoms. The number of likely N-dealkylation sites (tertiary alicyclic amines) is 2. The van der Waals surface area contributed by atoms with E-state index in [0.717, 1.165) is 96.5 Å². The van der Waals surface area contributed by atoms with Crippen molar-refractivity contribution in [2.24, 2.45) is 11.8 Å². The predicted molar refractivity (Wildman–Crippen MR) is 188 cm³/mol. The molecule has 6 heteroatoms. The van der Waals surface area contributed by atoms with E-state index in [-0.39, 0.29) is 23.4 Å². The lowest BCUT2D eigenvalue weighted by molar-refractivity contribution is -0.911. The number of carbonyl (C=O) groups excluding carboxylic acids is 2. The van der Waals surface area contributed by atoms with Gasteiger partial charge in [-0.25, -0.2) is 0 Å². The number of quaternary nitrogens is 2. The van der Waals surface area contributed by atoms with Crippen LogP contribution in [0.3, 0.4) is 0 Å². The van der Waals surface area contributed by atoms with Gasteiger partial charge >= 0.3 is 0 Å². The van der Waals surface area contributed by atoms with Crippen molar-refractivity contribution in [3.63, 3.8) is 0 Å². The van der Waals surface area contributed by atoms with Crippen molar-refractivity contribution in [1.29, 1.82) is 0 Å². The van der Waals surface area contributed by atoms with Gasteiger partial charge in [0.2, 0.25) is 0 Å². The minimum Gasteiger partial charge on any atom is -0.494 e. The molecule has 2 fully saturated rings. The van der Waals surface area contributed by atoms with Crippen LogP contribution >= 0.6 is 0 Å². The first-order valence-corrected chi connectivity index (χ1v) is 18.5. The fraction of sp³-hybridized carbons (Fsp3) is 0.650. The van der Waals surface area contributed by atoms with Gasteiger partial charge in [-0.3, -0.25) is 9.59 Å². The summed E-state index contributed by atoms with van der Waals surface area (Å²) in [5, 5.41) is 0. The third kappa shape index (κ3) is 10.9. The van der Waals surface area contributed by atoms with Crippen LogP contribution in [0.4, 0.5) is 0 Å². The van der Waals surface area contributed by atoms with Gasteiger partial charge in [0.15, 0.2) is 11.6 Å². The first-order valence-electron chi connectivity index (χ1n) is 18.5. The van der Waals surface area contributed by atoms with Gasteiger partial charge in [0.1, 0.15) is 11.5 Å². The molecule has 0 saturated carbocycles.